The quantitative estimate of drug-likeness (QED) is 0.497. The molecule has 1 amide bonds. The number of benzene rings is 1. The lowest BCUT2D eigenvalue weighted by Gasteiger charge is -2.29. The Balaban J connectivity index is 2.16. The molecule has 128 valence electrons. The summed E-state index contributed by atoms with van der Waals surface area (Å²) < 4.78 is 10.0. The van der Waals surface area contributed by atoms with E-state index in [4.69, 9.17) is 9.47 Å². The number of cyclic esters (lactones) is 2. The lowest BCUT2D eigenvalue weighted by atomic mass is 10.1. The van der Waals surface area contributed by atoms with Gasteiger partial charge in [0, 0.05) is 37.8 Å². The third-order valence-electron chi connectivity index (χ3n) is 3.31. The fourth-order valence-corrected chi connectivity index (χ4v) is 2.16. The molecule has 2 N–H and O–H groups in total. The van der Waals surface area contributed by atoms with Gasteiger partial charge in [-0.05, 0) is 37.6 Å². The Kier molecular flexibility index (Phi) is 4.92. The van der Waals surface area contributed by atoms with Crippen LogP contribution in [-0.2, 0) is 19.1 Å². The average Bonchev–Trinajstić information content (AvgIpc) is 2.46. The summed E-state index contributed by atoms with van der Waals surface area (Å²) in [4.78, 5) is 35.5. The first-order valence-corrected chi connectivity index (χ1v) is 7.55. The van der Waals surface area contributed by atoms with E-state index in [-0.39, 0.29) is 11.5 Å². The minimum atomic E-state index is -1.27. The molecule has 7 nitrogen and oxygen atoms in total. The number of rotatable bonds is 4. The second kappa shape index (κ2) is 6.74. The summed E-state index contributed by atoms with van der Waals surface area (Å²) in [7, 11) is 0. The largest absolute Gasteiger partial charge is 0.419 e. The highest BCUT2D eigenvalue weighted by Gasteiger charge is 2.38. The number of ether oxygens (including phenoxy) is 2. The van der Waals surface area contributed by atoms with Gasteiger partial charge in [0.25, 0.3) is 11.7 Å². The number of carbonyl (C=O) groups is 3. The summed E-state index contributed by atoms with van der Waals surface area (Å²) in [5.41, 5.74) is 1.75. The van der Waals surface area contributed by atoms with Gasteiger partial charge in [-0.15, -0.1) is 0 Å². The van der Waals surface area contributed by atoms with Crippen LogP contribution in [0.1, 0.15) is 36.7 Å². The summed E-state index contributed by atoms with van der Waals surface area (Å²) in [5.74, 6) is -2.93. The molecular weight excluding hydrogens is 312 g/mol. The Morgan fingerprint density at radius 2 is 1.83 bits per heavy atom. The lowest BCUT2D eigenvalue weighted by Crippen LogP contribution is -2.42. The number of anilines is 1. The van der Waals surface area contributed by atoms with Crippen LogP contribution in [0.4, 0.5) is 5.69 Å². The summed E-state index contributed by atoms with van der Waals surface area (Å²) in [6.07, 6.45) is 1.24. The van der Waals surface area contributed by atoms with Crippen molar-refractivity contribution in [2.24, 2.45) is 0 Å². The number of carbonyl (C=O) groups excluding carboxylic acids is 3. The standard InChI is InChI=1S/C17H20N2O5/c1-5-18-14(20)11-6-7-13(10(2)8-11)19-9-12-15(21)23-17(3,4)24-16(12)22/h6-9,19H,5H2,1-4H3,(H,18,20). The van der Waals surface area contributed by atoms with Gasteiger partial charge in [-0.2, -0.15) is 0 Å². The van der Waals surface area contributed by atoms with E-state index in [2.05, 4.69) is 10.6 Å². The molecule has 1 fully saturated rings. The van der Waals surface area contributed by atoms with Crippen LogP contribution in [0.3, 0.4) is 0 Å². The molecule has 1 heterocycles. The van der Waals surface area contributed by atoms with Gasteiger partial charge in [-0.3, -0.25) is 4.79 Å². The van der Waals surface area contributed by atoms with E-state index in [9.17, 15) is 14.4 Å². The molecule has 0 aromatic heterocycles. The van der Waals surface area contributed by atoms with E-state index in [1.165, 1.54) is 20.0 Å². The van der Waals surface area contributed by atoms with Crippen LogP contribution in [0.25, 0.3) is 0 Å². The molecule has 0 atom stereocenters. The van der Waals surface area contributed by atoms with Crippen LogP contribution in [0.2, 0.25) is 0 Å². The van der Waals surface area contributed by atoms with Crippen molar-refractivity contribution in [2.45, 2.75) is 33.5 Å². The molecule has 0 aliphatic carbocycles. The maximum absolute atomic E-state index is 11.9. The van der Waals surface area contributed by atoms with Gasteiger partial charge in [-0.25, -0.2) is 9.59 Å². The van der Waals surface area contributed by atoms with Crippen molar-refractivity contribution in [3.05, 3.63) is 41.1 Å². The summed E-state index contributed by atoms with van der Waals surface area (Å²) in [6.45, 7) is 7.17. The van der Waals surface area contributed by atoms with E-state index >= 15 is 0 Å². The second-order valence-electron chi connectivity index (χ2n) is 5.77. The Morgan fingerprint density at radius 3 is 2.38 bits per heavy atom. The monoisotopic (exact) mass is 332 g/mol. The Morgan fingerprint density at radius 1 is 1.21 bits per heavy atom. The second-order valence-corrected chi connectivity index (χ2v) is 5.77. The summed E-state index contributed by atoms with van der Waals surface area (Å²) >= 11 is 0. The van der Waals surface area contributed by atoms with Gasteiger partial charge in [-0.1, -0.05) is 0 Å². The molecule has 1 saturated heterocycles. The van der Waals surface area contributed by atoms with Gasteiger partial charge >= 0.3 is 11.9 Å². The fourth-order valence-electron chi connectivity index (χ4n) is 2.16. The molecule has 24 heavy (non-hydrogen) atoms. The van der Waals surface area contributed by atoms with Crippen LogP contribution >= 0.6 is 0 Å². The van der Waals surface area contributed by atoms with Gasteiger partial charge < -0.3 is 20.1 Å². The smallest absolute Gasteiger partial charge is 0.350 e. The van der Waals surface area contributed by atoms with Crippen molar-refractivity contribution >= 4 is 23.5 Å². The molecular formula is C17H20N2O5. The van der Waals surface area contributed by atoms with E-state index in [1.807, 2.05) is 13.8 Å². The molecule has 1 aliphatic heterocycles. The van der Waals surface area contributed by atoms with Gasteiger partial charge in [0.05, 0.1) is 0 Å². The topological polar surface area (TPSA) is 93.7 Å². The van der Waals surface area contributed by atoms with Crippen molar-refractivity contribution in [2.75, 3.05) is 11.9 Å². The highest BCUT2D eigenvalue weighted by Crippen LogP contribution is 2.23. The predicted octanol–water partition coefficient (Wildman–Crippen LogP) is 1.88. The maximum Gasteiger partial charge on any atom is 0.350 e. The van der Waals surface area contributed by atoms with Crippen molar-refractivity contribution in [1.82, 2.24) is 5.32 Å². The zero-order valence-corrected chi connectivity index (χ0v) is 14.1. The first-order chi connectivity index (χ1) is 11.2. The number of amides is 1. The lowest BCUT2D eigenvalue weighted by molar-refractivity contribution is -0.222. The Labute approximate surface area is 140 Å². The highest BCUT2D eigenvalue weighted by molar-refractivity contribution is 6.15. The van der Waals surface area contributed by atoms with E-state index < -0.39 is 17.7 Å². The average molecular weight is 332 g/mol. The van der Waals surface area contributed by atoms with Crippen molar-refractivity contribution in [3.63, 3.8) is 0 Å². The molecule has 0 radical (unpaired) electrons. The molecule has 1 aliphatic rings. The normalized spacial score (nSPS) is 16.1. The molecule has 2 rings (SSSR count). The minimum Gasteiger partial charge on any atom is -0.419 e. The predicted molar refractivity (Wildman–Crippen MR) is 87.2 cm³/mol. The van der Waals surface area contributed by atoms with E-state index in [1.54, 1.807) is 18.2 Å². The molecule has 0 saturated carbocycles. The number of esters is 2. The van der Waals surface area contributed by atoms with Gasteiger partial charge in [0.1, 0.15) is 0 Å². The van der Waals surface area contributed by atoms with Crippen molar-refractivity contribution in [1.29, 1.82) is 0 Å². The molecule has 0 spiro atoms. The van der Waals surface area contributed by atoms with Crippen LogP contribution in [0.5, 0.6) is 0 Å². The summed E-state index contributed by atoms with van der Waals surface area (Å²) in [5, 5.41) is 5.59. The molecule has 1 aromatic rings. The van der Waals surface area contributed by atoms with Crippen LogP contribution < -0.4 is 10.6 Å². The maximum atomic E-state index is 11.9. The van der Waals surface area contributed by atoms with Crippen LogP contribution in [0, 0.1) is 6.92 Å². The number of hydrogen-bond acceptors (Lipinski definition) is 6. The third kappa shape index (κ3) is 3.92. The number of hydrogen-bond donors (Lipinski definition) is 2. The highest BCUT2D eigenvalue weighted by atomic mass is 16.7. The van der Waals surface area contributed by atoms with E-state index in [0.717, 1.165) is 5.56 Å². The Bertz CT molecular complexity index is 700. The number of aryl methyl sites for hydroxylation is 1. The van der Waals surface area contributed by atoms with Crippen molar-refractivity contribution < 1.29 is 23.9 Å². The van der Waals surface area contributed by atoms with Gasteiger partial charge in [0.15, 0.2) is 5.57 Å². The summed E-state index contributed by atoms with van der Waals surface area (Å²) in [6, 6.07) is 5.06. The number of nitrogens with one attached hydrogen (secondary N) is 2. The zero-order chi connectivity index (χ0) is 17.9. The minimum absolute atomic E-state index is 0.160. The van der Waals surface area contributed by atoms with E-state index in [0.29, 0.717) is 17.8 Å². The first kappa shape index (κ1) is 17.5. The van der Waals surface area contributed by atoms with Crippen LogP contribution in [0.15, 0.2) is 30.0 Å². The fraction of sp³-hybridized carbons (Fsp3) is 0.353. The zero-order valence-electron chi connectivity index (χ0n) is 14.1. The third-order valence-corrected chi connectivity index (χ3v) is 3.31. The molecule has 7 heteroatoms. The van der Waals surface area contributed by atoms with Gasteiger partial charge in [0.2, 0.25) is 0 Å². The van der Waals surface area contributed by atoms with Crippen LogP contribution in [-0.4, -0.2) is 30.2 Å². The molecule has 1 aromatic carbocycles. The Hall–Kier alpha value is -2.83. The SMILES string of the molecule is CCNC(=O)c1ccc(NC=C2C(=O)OC(C)(C)OC2=O)c(C)c1. The van der Waals surface area contributed by atoms with Crippen molar-refractivity contribution in [3.8, 4) is 0 Å². The first-order valence-electron chi connectivity index (χ1n) is 7.55. The molecule has 0 unspecified atom stereocenters. The molecule has 0 bridgehead atoms.